The fourth-order valence-corrected chi connectivity index (χ4v) is 12.9. The first kappa shape index (κ1) is 76.2. The molecule has 2 heterocycles. The standard InChI is InChI=1S/C59H86N16O14S3/c1-35(76)39-24-47(78)40(32-92-91-31-39)25-48(79)43(14-10-21-65-58(63)64)74-59(88)89-30-38-17-19-41(20-18-38)71-55(85)44(13-6-7-16-49(61)62)73-56(86)46-15-8-9-22-75(46)57(87)45(23-37-11-4-3-5-12-37)72-53(83)29-68-51(81)27-66-50(80)26-67-52(82)28-69-54(84)42(60)33-90-34-70-36(2)77/h3-5,11-12,17-20,39-40,42-46H,6-10,13-16,21-34,60H2,1-2H3,(H3,61,62)(H,66,80)(H,67,82)(H,68,81)(H,69,84)(H,70,77)(H,71,85)(H,72,83)(H,73,86)(H,74,88)(H4,63,64,65)/t39-,40-,42?,43-,44+,45-,46?/m0/s1. The van der Waals surface area contributed by atoms with Crippen molar-refractivity contribution in [2.24, 2.45) is 39.8 Å². The number of carbonyl (C=O) groups is 13. The van der Waals surface area contributed by atoms with E-state index in [2.05, 4.69) is 52.8 Å². The maximum atomic E-state index is 14.6. The number of carbonyl (C=O) groups excluding carboxylic acids is 13. The molecule has 0 radical (unpaired) electrons. The van der Waals surface area contributed by atoms with Gasteiger partial charge in [-0.25, -0.2) is 4.79 Å². The molecule has 504 valence electrons. The number of nitrogens with zero attached hydrogens (tertiary/aromatic N) is 2. The number of rotatable bonds is 37. The molecule has 2 fully saturated rings. The van der Waals surface area contributed by atoms with E-state index < -0.39 is 127 Å². The molecule has 33 heteroatoms. The molecule has 18 N–H and O–H groups in total. The predicted octanol–water partition coefficient (Wildman–Crippen LogP) is -0.883. The zero-order valence-corrected chi connectivity index (χ0v) is 54.1. The van der Waals surface area contributed by atoms with E-state index in [4.69, 9.17) is 33.1 Å². The Balaban J connectivity index is 1.34. The molecule has 0 spiro atoms. The second-order valence-corrected chi connectivity index (χ2v) is 25.5. The minimum Gasteiger partial charge on any atom is -0.445 e. The minimum absolute atomic E-state index is 0.0000224. The van der Waals surface area contributed by atoms with Crippen molar-refractivity contribution >= 4 is 127 Å². The first-order valence-electron chi connectivity index (χ1n) is 30.0. The Morgan fingerprint density at radius 2 is 1.36 bits per heavy atom. The highest BCUT2D eigenvalue weighted by Gasteiger charge is 2.38. The monoisotopic (exact) mass is 1340 g/mol. The number of piperidine rings is 1. The lowest BCUT2D eigenvalue weighted by Crippen LogP contribution is -2.60. The second kappa shape index (κ2) is 41.2. The minimum atomic E-state index is -1.22. The first-order chi connectivity index (χ1) is 43.9. The third-order valence-corrected chi connectivity index (χ3v) is 17.9. The summed E-state index contributed by atoms with van der Waals surface area (Å²) in [6.45, 7) is 0.635. The van der Waals surface area contributed by atoms with E-state index in [-0.39, 0.29) is 106 Å². The largest absolute Gasteiger partial charge is 0.445 e. The Hall–Kier alpha value is -8.30. The van der Waals surface area contributed by atoms with Gasteiger partial charge in [-0.1, -0.05) is 70.5 Å². The van der Waals surface area contributed by atoms with Crippen LogP contribution in [0.15, 0.2) is 59.6 Å². The van der Waals surface area contributed by atoms with Crippen molar-refractivity contribution in [1.29, 1.82) is 5.41 Å². The average molecular weight is 1340 g/mol. The van der Waals surface area contributed by atoms with Gasteiger partial charge in [-0.15, -0.1) is 11.8 Å². The summed E-state index contributed by atoms with van der Waals surface area (Å²) in [6, 6.07) is 9.65. The molecule has 7 atom stereocenters. The van der Waals surface area contributed by atoms with Crippen LogP contribution in [0, 0.1) is 17.2 Å². The van der Waals surface area contributed by atoms with Crippen molar-refractivity contribution in [3.05, 3.63) is 65.7 Å². The Labute approximate surface area is 545 Å². The molecular formula is C59H86N16O14S3. The van der Waals surface area contributed by atoms with E-state index in [1.807, 2.05) is 0 Å². The number of nitrogens with two attached hydrogens (primary N) is 4. The summed E-state index contributed by atoms with van der Waals surface area (Å²) in [5, 5.41) is 30.5. The molecule has 2 unspecified atom stereocenters. The number of amides is 10. The van der Waals surface area contributed by atoms with Gasteiger partial charge in [0.05, 0.1) is 50.0 Å². The van der Waals surface area contributed by atoms with E-state index in [0.29, 0.717) is 60.4 Å². The van der Waals surface area contributed by atoms with E-state index >= 15 is 0 Å². The van der Waals surface area contributed by atoms with Crippen LogP contribution in [-0.4, -0.2) is 186 Å². The highest BCUT2D eigenvalue weighted by atomic mass is 33.1. The molecule has 0 bridgehead atoms. The number of hydrogen-bond donors (Lipinski definition) is 14. The van der Waals surface area contributed by atoms with Crippen molar-refractivity contribution in [2.45, 2.75) is 128 Å². The molecular weight excluding hydrogens is 1250 g/mol. The Kier molecular flexibility index (Phi) is 34.1. The molecule has 2 aliphatic heterocycles. The smallest absolute Gasteiger partial charge is 0.408 e. The first-order valence-corrected chi connectivity index (χ1v) is 33.6. The van der Waals surface area contributed by atoms with Gasteiger partial charge in [0, 0.05) is 80.5 Å². The number of Topliss-reactive ketones (excluding diaryl/α,β-unsaturated/α-hetero) is 3. The van der Waals surface area contributed by atoms with Gasteiger partial charge in [-0.05, 0) is 75.1 Å². The number of alkyl carbamates (subject to hydrolysis) is 1. The molecule has 0 saturated carbocycles. The van der Waals surface area contributed by atoms with Gasteiger partial charge in [-0.2, -0.15) is 0 Å². The number of thioether (sulfide) groups is 1. The van der Waals surface area contributed by atoms with Crippen molar-refractivity contribution in [3.8, 4) is 0 Å². The number of benzene rings is 2. The fraction of sp³-hybridized carbons (Fsp3) is 0.542. The van der Waals surface area contributed by atoms with Crippen LogP contribution in [0.3, 0.4) is 0 Å². The highest BCUT2D eigenvalue weighted by molar-refractivity contribution is 8.76. The third-order valence-electron chi connectivity index (χ3n) is 14.4. The Morgan fingerprint density at radius 1 is 0.717 bits per heavy atom. The van der Waals surface area contributed by atoms with Gasteiger partial charge in [0.2, 0.25) is 53.2 Å². The molecule has 2 aromatic carbocycles. The molecule has 92 heavy (non-hydrogen) atoms. The lowest BCUT2D eigenvalue weighted by Gasteiger charge is -2.37. The van der Waals surface area contributed by atoms with Crippen molar-refractivity contribution < 1.29 is 67.1 Å². The summed E-state index contributed by atoms with van der Waals surface area (Å²) >= 11 is 1.21. The van der Waals surface area contributed by atoms with Crippen LogP contribution in [0.5, 0.6) is 0 Å². The number of nitrogens with one attached hydrogen (secondary N) is 10. The molecule has 2 aromatic rings. The third kappa shape index (κ3) is 29.8. The Morgan fingerprint density at radius 3 is 2.00 bits per heavy atom. The summed E-state index contributed by atoms with van der Waals surface area (Å²) in [6.07, 6.45) is 1.92. The maximum Gasteiger partial charge on any atom is 0.408 e. The number of hydrogen-bond acceptors (Lipinski definition) is 20. The van der Waals surface area contributed by atoms with Crippen LogP contribution >= 0.6 is 33.3 Å². The number of unbranched alkanes of at least 4 members (excludes halogenated alkanes) is 1. The van der Waals surface area contributed by atoms with E-state index in [1.54, 1.807) is 54.6 Å². The summed E-state index contributed by atoms with van der Waals surface area (Å²) in [5.74, 6) is -6.38. The highest BCUT2D eigenvalue weighted by Crippen LogP contribution is 2.33. The summed E-state index contributed by atoms with van der Waals surface area (Å²) in [5.41, 5.74) is 23.8. The SMILES string of the molecule is CC(=O)NCSCC(N)C(=O)NCC(=O)NCC(=O)NCC(=O)NCC(=O)N[C@@H](Cc1ccccc1)C(=O)N1CCCCC1C(=O)N[C@H](CCCCC(=N)N)C(=O)Nc1ccc(COC(=O)N[C@@H](CCCN=C(N)N)C(=O)C[C@H]2CSSC[C@@H](C(C)=O)CC2=O)cc1. The number of guanidine groups is 1. The molecule has 0 aliphatic carbocycles. The van der Waals surface area contributed by atoms with Gasteiger partial charge in [0.25, 0.3) is 0 Å². The lowest BCUT2D eigenvalue weighted by atomic mass is 9.89. The van der Waals surface area contributed by atoms with Crippen LogP contribution in [0.25, 0.3) is 0 Å². The maximum absolute atomic E-state index is 14.6. The molecule has 0 aromatic heterocycles. The van der Waals surface area contributed by atoms with Crippen LogP contribution < -0.4 is 70.8 Å². The summed E-state index contributed by atoms with van der Waals surface area (Å²) in [7, 11) is 2.90. The van der Waals surface area contributed by atoms with E-state index in [1.165, 1.54) is 52.1 Å². The summed E-state index contributed by atoms with van der Waals surface area (Å²) in [4.78, 5) is 175. The van der Waals surface area contributed by atoms with Crippen LogP contribution in [0.1, 0.15) is 95.6 Å². The van der Waals surface area contributed by atoms with Gasteiger partial charge in [-0.3, -0.25) is 67.9 Å². The molecule has 30 nitrogen and oxygen atoms in total. The van der Waals surface area contributed by atoms with Crippen LogP contribution in [0.2, 0.25) is 0 Å². The topological polar surface area (TPSA) is 483 Å². The summed E-state index contributed by atoms with van der Waals surface area (Å²) < 4.78 is 5.49. The van der Waals surface area contributed by atoms with Crippen molar-refractivity contribution in [3.63, 3.8) is 0 Å². The van der Waals surface area contributed by atoms with Gasteiger partial charge in [0.15, 0.2) is 11.7 Å². The number of ketones is 3. The van der Waals surface area contributed by atoms with Gasteiger partial charge < -0.3 is 80.4 Å². The van der Waals surface area contributed by atoms with Gasteiger partial charge in [0.1, 0.15) is 36.3 Å². The Bertz CT molecular complexity index is 2920. The van der Waals surface area contributed by atoms with Crippen LogP contribution in [0.4, 0.5) is 10.5 Å². The molecule has 2 saturated heterocycles. The molecule has 2 aliphatic rings. The number of anilines is 1. The number of likely N-dealkylation sites (tertiary alicyclic amines) is 1. The van der Waals surface area contributed by atoms with Crippen LogP contribution in [-0.2, 0) is 75.3 Å². The van der Waals surface area contributed by atoms with Gasteiger partial charge >= 0.3 is 6.09 Å². The van der Waals surface area contributed by atoms with E-state index in [9.17, 15) is 62.3 Å². The number of ether oxygens (including phenoxy) is 1. The van der Waals surface area contributed by atoms with Crippen molar-refractivity contribution in [2.75, 3.05) is 67.7 Å². The molecule has 4 rings (SSSR count). The van der Waals surface area contributed by atoms with E-state index in [0.717, 1.165) is 0 Å². The predicted molar refractivity (Wildman–Crippen MR) is 349 cm³/mol. The fourth-order valence-electron chi connectivity index (χ4n) is 9.31. The average Bonchev–Trinajstić information content (AvgIpc) is 1.40. The normalized spacial score (nSPS) is 16.8. The number of amidine groups is 1. The van der Waals surface area contributed by atoms with Crippen molar-refractivity contribution in [1.82, 2.24) is 47.4 Å². The lowest BCUT2D eigenvalue weighted by molar-refractivity contribution is -0.145. The zero-order valence-electron chi connectivity index (χ0n) is 51.6. The second-order valence-electron chi connectivity index (χ2n) is 21.9. The molecule has 10 amide bonds. The number of aliphatic imine (C=N–C) groups is 1. The zero-order chi connectivity index (χ0) is 67.5. The quantitative estimate of drug-likeness (QED) is 0.0128.